The van der Waals surface area contributed by atoms with Crippen LogP contribution in [0.4, 0.5) is 10.1 Å². The molecule has 1 heterocycles. The minimum atomic E-state index is -0.582. The Morgan fingerprint density at radius 2 is 1.96 bits per heavy atom. The smallest absolute Gasteiger partial charge is 0.495 e. The van der Waals surface area contributed by atoms with E-state index in [1.165, 1.54) is 19.4 Å². The van der Waals surface area contributed by atoms with Gasteiger partial charge < -0.3 is 15.0 Å². The van der Waals surface area contributed by atoms with E-state index in [1.807, 2.05) is 0 Å². The van der Waals surface area contributed by atoms with Crippen molar-refractivity contribution in [1.82, 2.24) is 4.98 Å². The monoisotopic (exact) mass is 308 g/mol. The third-order valence-electron chi connectivity index (χ3n) is 3.17. The maximum Gasteiger partial charge on any atom is 1.00 e. The van der Waals surface area contributed by atoms with Crippen LogP contribution in [0.15, 0.2) is 30.5 Å². The molecule has 1 N–H and O–H groups in total. The van der Waals surface area contributed by atoms with Crippen molar-refractivity contribution in [2.24, 2.45) is 5.41 Å². The number of amides is 1. The summed E-state index contributed by atoms with van der Waals surface area (Å²) < 4.78 is 19.3. The van der Waals surface area contributed by atoms with E-state index in [0.29, 0.717) is 22.6 Å². The van der Waals surface area contributed by atoms with Crippen LogP contribution in [0, 0.1) is 17.4 Å². The van der Waals surface area contributed by atoms with Crippen LogP contribution < -0.4 is 28.9 Å². The molecular weight excluding hydrogens is 290 g/mol. The number of anilines is 1. The molecule has 1 aromatic heterocycles. The predicted molar refractivity (Wildman–Crippen MR) is 83.1 cm³/mol. The fraction of sp³-hybridized carbons (Fsp3) is 0.294. The number of rotatable bonds is 3. The number of aromatic nitrogens is 1. The second-order valence-electron chi connectivity index (χ2n) is 5.87. The number of carbonyl (C=O) groups excluding carboxylic acids is 1. The van der Waals surface area contributed by atoms with E-state index in [4.69, 9.17) is 4.74 Å². The molecule has 1 aromatic carbocycles. The normalized spacial score (nSPS) is 10.7. The van der Waals surface area contributed by atoms with Crippen molar-refractivity contribution in [3.05, 3.63) is 42.5 Å². The van der Waals surface area contributed by atoms with E-state index >= 15 is 0 Å². The molecule has 0 spiro atoms. The van der Waals surface area contributed by atoms with E-state index < -0.39 is 11.2 Å². The molecule has 6 heteroatoms. The van der Waals surface area contributed by atoms with Crippen molar-refractivity contribution < 1.29 is 32.8 Å². The van der Waals surface area contributed by atoms with Gasteiger partial charge in [-0.3, -0.25) is 4.79 Å². The third kappa shape index (κ3) is 4.34. The molecular formula is C17H18FLiN2O2. The average Bonchev–Trinajstić information content (AvgIpc) is 2.47. The summed E-state index contributed by atoms with van der Waals surface area (Å²) in [6.07, 6.45) is 3.73. The summed E-state index contributed by atoms with van der Waals surface area (Å²) in [6, 6.07) is 6.70. The topological polar surface area (TPSA) is 51.2 Å². The molecule has 116 valence electrons. The number of nitrogens with zero attached hydrogens (tertiary/aromatic N) is 1. The maximum atomic E-state index is 14.0. The minimum absolute atomic E-state index is 0. The van der Waals surface area contributed by atoms with Crippen molar-refractivity contribution in [1.29, 1.82) is 0 Å². The Morgan fingerprint density at radius 3 is 2.52 bits per heavy atom. The number of hydrogen-bond acceptors (Lipinski definition) is 3. The third-order valence-corrected chi connectivity index (χ3v) is 3.17. The van der Waals surface area contributed by atoms with Gasteiger partial charge in [-0.15, -0.1) is 6.07 Å². The molecule has 0 fully saturated rings. The van der Waals surface area contributed by atoms with Crippen LogP contribution in [0.25, 0.3) is 11.1 Å². The first-order chi connectivity index (χ1) is 10.3. The number of carbonyl (C=O) groups is 1. The Bertz CT molecular complexity index is 699. The van der Waals surface area contributed by atoms with Gasteiger partial charge in [0.25, 0.3) is 0 Å². The van der Waals surface area contributed by atoms with Crippen LogP contribution in [0.1, 0.15) is 20.8 Å². The number of ether oxygens (including phenoxy) is 1. The second-order valence-corrected chi connectivity index (χ2v) is 5.87. The standard InChI is InChI=1S/C17H18FN2O2.Li/c1-17(2,3)16(21)20-15-12(6-5-7-14(15)22-4)11-8-9-19-10-13(11)18;/h5-9H,1-4H3,(H,20,21);/q-1;+1. The molecule has 0 saturated carbocycles. The fourth-order valence-electron chi connectivity index (χ4n) is 1.90. The zero-order chi connectivity index (χ0) is 16.3. The quantitative estimate of drug-likeness (QED) is 0.670. The Kier molecular flexibility index (Phi) is 6.37. The maximum absolute atomic E-state index is 14.0. The molecule has 1 amide bonds. The molecule has 0 aliphatic carbocycles. The summed E-state index contributed by atoms with van der Waals surface area (Å²) in [5.74, 6) is -0.301. The molecule has 23 heavy (non-hydrogen) atoms. The van der Waals surface area contributed by atoms with E-state index in [1.54, 1.807) is 39.0 Å². The van der Waals surface area contributed by atoms with E-state index in [2.05, 4.69) is 16.5 Å². The van der Waals surface area contributed by atoms with Crippen molar-refractivity contribution in [2.75, 3.05) is 12.4 Å². The molecule has 0 bridgehead atoms. The van der Waals surface area contributed by atoms with Crippen LogP contribution in [0.2, 0.25) is 0 Å². The van der Waals surface area contributed by atoms with E-state index in [9.17, 15) is 9.18 Å². The van der Waals surface area contributed by atoms with Crippen molar-refractivity contribution in [3.63, 3.8) is 0 Å². The van der Waals surface area contributed by atoms with E-state index in [0.717, 1.165) is 0 Å². The number of methoxy groups -OCH3 is 1. The van der Waals surface area contributed by atoms with Gasteiger partial charge in [-0.25, -0.2) is 4.39 Å². The number of para-hydroxylation sites is 1. The van der Waals surface area contributed by atoms with Gasteiger partial charge in [0.2, 0.25) is 5.91 Å². The molecule has 2 rings (SSSR count). The van der Waals surface area contributed by atoms with Crippen LogP contribution in [-0.2, 0) is 4.79 Å². The fourth-order valence-corrected chi connectivity index (χ4v) is 1.90. The SMILES string of the molecule is COc1cccc(-c2ccn[c-]c2F)c1NC(=O)C(C)(C)C.[Li+]. The zero-order valence-electron chi connectivity index (χ0n) is 14.0. The first-order valence-corrected chi connectivity index (χ1v) is 6.85. The summed E-state index contributed by atoms with van der Waals surface area (Å²) >= 11 is 0. The Morgan fingerprint density at radius 1 is 1.26 bits per heavy atom. The number of nitrogens with one attached hydrogen (secondary N) is 1. The van der Waals surface area contributed by atoms with E-state index in [-0.39, 0.29) is 24.8 Å². The largest absolute Gasteiger partial charge is 1.00 e. The average molecular weight is 308 g/mol. The molecule has 0 unspecified atom stereocenters. The second kappa shape index (κ2) is 7.63. The number of hydrogen-bond donors (Lipinski definition) is 1. The van der Waals surface area contributed by atoms with Gasteiger partial charge in [0.05, 0.1) is 12.8 Å². The van der Waals surface area contributed by atoms with Crippen molar-refractivity contribution in [3.8, 4) is 16.9 Å². The number of halogens is 1. The molecule has 0 aliphatic heterocycles. The van der Waals surface area contributed by atoms with Gasteiger partial charge in [0, 0.05) is 11.2 Å². The van der Waals surface area contributed by atoms with Crippen LogP contribution in [-0.4, -0.2) is 18.0 Å². The molecule has 0 saturated heterocycles. The Balaban J connectivity index is 0.00000264. The first-order valence-electron chi connectivity index (χ1n) is 6.85. The van der Waals surface area contributed by atoms with Gasteiger partial charge in [-0.05, 0) is 17.8 Å². The predicted octanol–water partition coefficient (Wildman–Crippen LogP) is 0.685. The van der Waals surface area contributed by atoms with Gasteiger partial charge >= 0.3 is 18.9 Å². The summed E-state index contributed by atoms with van der Waals surface area (Å²) in [7, 11) is 1.50. The molecule has 4 nitrogen and oxygen atoms in total. The molecule has 0 aliphatic rings. The van der Waals surface area contributed by atoms with Crippen LogP contribution >= 0.6 is 0 Å². The molecule has 0 radical (unpaired) electrons. The number of pyridine rings is 1. The Hall–Kier alpha value is -1.83. The van der Waals surface area contributed by atoms with Crippen LogP contribution in [0.3, 0.4) is 0 Å². The molecule has 2 aromatic rings. The van der Waals surface area contributed by atoms with Crippen LogP contribution in [0.5, 0.6) is 5.75 Å². The summed E-state index contributed by atoms with van der Waals surface area (Å²) in [6.45, 7) is 5.41. The zero-order valence-corrected chi connectivity index (χ0v) is 14.0. The van der Waals surface area contributed by atoms with Gasteiger partial charge in [0.15, 0.2) is 0 Å². The van der Waals surface area contributed by atoms with Gasteiger partial charge in [-0.1, -0.05) is 44.7 Å². The first kappa shape index (κ1) is 19.2. The van der Waals surface area contributed by atoms with Gasteiger partial charge in [0.1, 0.15) is 5.75 Å². The summed E-state index contributed by atoms with van der Waals surface area (Å²) in [5, 5.41) is 2.83. The number of benzene rings is 1. The summed E-state index contributed by atoms with van der Waals surface area (Å²) in [4.78, 5) is 15.9. The van der Waals surface area contributed by atoms with Crippen molar-refractivity contribution >= 4 is 11.6 Å². The minimum Gasteiger partial charge on any atom is -0.495 e. The van der Waals surface area contributed by atoms with Crippen molar-refractivity contribution in [2.45, 2.75) is 20.8 Å². The summed E-state index contributed by atoms with van der Waals surface area (Å²) in [5.41, 5.74) is 0.677. The van der Waals surface area contributed by atoms with Gasteiger partial charge in [-0.2, -0.15) is 0 Å². The Labute approximate surface area is 147 Å². The molecule has 0 atom stereocenters.